The Labute approximate surface area is 176 Å². The molecule has 160 valence electrons. The van der Waals surface area contributed by atoms with Gasteiger partial charge >= 0.3 is 5.97 Å². The third kappa shape index (κ3) is 4.22. The summed E-state index contributed by atoms with van der Waals surface area (Å²) in [5.74, 6) is -0.766. The monoisotopic (exact) mass is 430 g/mol. The smallest absolute Gasteiger partial charge is 0.322 e. The predicted molar refractivity (Wildman–Crippen MR) is 113 cm³/mol. The number of sulfonamides is 1. The standard InChI is InChI=1S/C21H26N4O4S/c1-5-13(2)20(21(26)27)25(4)30(28,29)16-8-6-15(7-9-16)12-18-19-17(10-11-22-18)23-14(3)24-19/h6-11,13,20,22H,5,12H2,1-4H3,(H,26,27)/t13-,20-/m0/s1. The molecule has 2 aliphatic heterocycles. The Hall–Kier alpha value is -2.78. The Morgan fingerprint density at radius 2 is 1.87 bits per heavy atom. The van der Waals surface area contributed by atoms with Gasteiger partial charge in [0.05, 0.1) is 10.6 Å². The van der Waals surface area contributed by atoms with Crippen molar-refractivity contribution in [3.8, 4) is 11.4 Å². The van der Waals surface area contributed by atoms with E-state index in [1.54, 1.807) is 25.3 Å². The number of hydrogen-bond donors (Lipinski definition) is 2. The van der Waals surface area contributed by atoms with Crippen LogP contribution in [0.3, 0.4) is 0 Å². The summed E-state index contributed by atoms with van der Waals surface area (Å²) in [7, 11) is -2.62. The lowest BCUT2D eigenvalue weighted by molar-refractivity contribution is -0.142. The summed E-state index contributed by atoms with van der Waals surface area (Å²) in [5.41, 5.74) is 3.40. The molecule has 2 N–H and O–H groups in total. The molecule has 0 spiro atoms. The number of fused-ring (bicyclic) bond motifs is 1. The van der Waals surface area contributed by atoms with Crippen LogP contribution in [0, 0.1) is 12.8 Å². The zero-order chi connectivity index (χ0) is 22.1. The molecule has 2 atom stereocenters. The lowest BCUT2D eigenvalue weighted by Gasteiger charge is -2.28. The number of pyridine rings is 1. The number of aryl methyl sites for hydroxylation is 1. The van der Waals surface area contributed by atoms with Crippen LogP contribution in [0.15, 0.2) is 41.4 Å². The SMILES string of the molecule is CC[C@H](C)[C@@H](C(=O)O)N(C)S(=O)(=O)c1ccc(Cc2[nH]ccc3nc(C)nc2-3)cc1. The lowest BCUT2D eigenvalue weighted by atomic mass is 10.00. The van der Waals surface area contributed by atoms with Crippen molar-refractivity contribution >= 4 is 16.0 Å². The van der Waals surface area contributed by atoms with Crippen molar-refractivity contribution in [3.63, 3.8) is 0 Å². The first-order chi connectivity index (χ1) is 14.1. The van der Waals surface area contributed by atoms with Crippen molar-refractivity contribution in [1.29, 1.82) is 0 Å². The summed E-state index contributed by atoms with van der Waals surface area (Å²) in [6.07, 6.45) is 2.90. The van der Waals surface area contributed by atoms with Crippen LogP contribution in [-0.2, 0) is 21.2 Å². The normalized spacial score (nSPS) is 14.2. The lowest BCUT2D eigenvalue weighted by Crippen LogP contribution is -2.46. The van der Waals surface area contributed by atoms with Crippen molar-refractivity contribution in [1.82, 2.24) is 19.3 Å². The van der Waals surface area contributed by atoms with E-state index in [-0.39, 0.29) is 10.8 Å². The number of benzene rings is 1. The van der Waals surface area contributed by atoms with Gasteiger partial charge in [-0.2, -0.15) is 4.31 Å². The second-order valence-electron chi connectivity index (χ2n) is 7.47. The first-order valence-electron chi connectivity index (χ1n) is 9.75. The molecule has 2 heterocycles. The number of carboxylic acids is 1. The molecule has 0 fully saturated rings. The van der Waals surface area contributed by atoms with E-state index < -0.39 is 22.0 Å². The number of H-pyrrole nitrogens is 1. The Bertz CT molecular complexity index is 1110. The first kappa shape index (κ1) is 21.9. The van der Waals surface area contributed by atoms with Crippen LogP contribution < -0.4 is 0 Å². The molecule has 0 amide bonds. The maximum Gasteiger partial charge on any atom is 0.322 e. The minimum atomic E-state index is -3.94. The van der Waals surface area contributed by atoms with Gasteiger partial charge in [-0.25, -0.2) is 18.4 Å². The van der Waals surface area contributed by atoms with Crippen LogP contribution in [0.4, 0.5) is 0 Å². The van der Waals surface area contributed by atoms with Crippen molar-refractivity contribution < 1.29 is 18.3 Å². The summed E-state index contributed by atoms with van der Waals surface area (Å²) >= 11 is 0. The topological polar surface area (TPSA) is 116 Å². The quantitative estimate of drug-likeness (QED) is 0.568. The fraction of sp³-hybridized carbons (Fsp3) is 0.381. The van der Waals surface area contributed by atoms with E-state index in [1.807, 2.05) is 19.9 Å². The van der Waals surface area contributed by atoms with Crippen molar-refractivity contribution in [2.45, 2.75) is 44.6 Å². The number of aromatic nitrogens is 3. The van der Waals surface area contributed by atoms with Gasteiger partial charge in [-0.1, -0.05) is 32.4 Å². The van der Waals surface area contributed by atoms with E-state index >= 15 is 0 Å². The van der Waals surface area contributed by atoms with Crippen LogP contribution in [0.5, 0.6) is 0 Å². The van der Waals surface area contributed by atoms with Gasteiger partial charge in [0, 0.05) is 25.4 Å². The molecule has 1 aromatic rings. The van der Waals surface area contributed by atoms with Crippen LogP contribution >= 0.6 is 0 Å². The minimum absolute atomic E-state index is 0.0643. The number of carboxylic acid groups (broad SMARTS) is 1. The second kappa shape index (κ2) is 8.53. The average molecular weight is 431 g/mol. The van der Waals surface area contributed by atoms with Gasteiger partial charge in [0.2, 0.25) is 10.0 Å². The van der Waals surface area contributed by atoms with Crippen molar-refractivity contribution in [2.75, 3.05) is 7.05 Å². The zero-order valence-corrected chi connectivity index (χ0v) is 18.3. The molecule has 0 unspecified atom stereocenters. The number of likely N-dealkylation sites (N-methyl/N-ethyl adjacent to an activating group) is 1. The van der Waals surface area contributed by atoms with Gasteiger partial charge in [-0.05, 0) is 36.6 Å². The number of aromatic amines is 1. The Morgan fingerprint density at radius 1 is 1.20 bits per heavy atom. The summed E-state index contributed by atoms with van der Waals surface area (Å²) in [4.78, 5) is 23.7. The van der Waals surface area contributed by atoms with Gasteiger partial charge in [0.25, 0.3) is 0 Å². The Morgan fingerprint density at radius 3 is 2.47 bits per heavy atom. The fourth-order valence-electron chi connectivity index (χ4n) is 3.51. The summed E-state index contributed by atoms with van der Waals surface area (Å²) in [5, 5.41) is 9.53. The Kier molecular flexibility index (Phi) is 6.23. The van der Waals surface area contributed by atoms with Crippen LogP contribution in [0.25, 0.3) is 11.4 Å². The van der Waals surface area contributed by atoms with Gasteiger partial charge in [0.1, 0.15) is 17.6 Å². The van der Waals surface area contributed by atoms with E-state index in [1.165, 1.54) is 19.2 Å². The molecule has 8 nitrogen and oxygen atoms in total. The first-order valence-corrected chi connectivity index (χ1v) is 11.2. The third-order valence-electron chi connectivity index (χ3n) is 5.39. The molecule has 9 heteroatoms. The molecule has 0 aliphatic carbocycles. The highest BCUT2D eigenvalue weighted by molar-refractivity contribution is 7.89. The maximum atomic E-state index is 13.0. The van der Waals surface area contributed by atoms with E-state index in [4.69, 9.17) is 0 Å². The molecule has 1 aromatic carbocycles. The molecular weight excluding hydrogens is 404 g/mol. The van der Waals surface area contributed by atoms with Gasteiger partial charge < -0.3 is 10.1 Å². The van der Waals surface area contributed by atoms with Crippen LogP contribution in [0.2, 0.25) is 0 Å². The number of rotatable bonds is 8. The molecule has 2 aliphatic rings. The fourth-order valence-corrected chi connectivity index (χ4v) is 4.92. The van der Waals surface area contributed by atoms with Gasteiger partial charge in [-0.3, -0.25) is 4.79 Å². The summed E-state index contributed by atoms with van der Waals surface area (Å²) in [6, 6.07) is 7.23. The number of carbonyl (C=O) groups is 1. The third-order valence-corrected chi connectivity index (χ3v) is 7.25. The molecule has 0 saturated heterocycles. The van der Waals surface area contributed by atoms with Gasteiger partial charge in [0.15, 0.2) is 0 Å². The number of aliphatic carboxylic acids is 1. The highest BCUT2D eigenvalue weighted by Crippen LogP contribution is 2.25. The molecule has 0 aromatic heterocycles. The van der Waals surface area contributed by atoms with Crippen LogP contribution in [0.1, 0.15) is 37.4 Å². The second-order valence-corrected chi connectivity index (χ2v) is 9.47. The van der Waals surface area contributed by atoms with Crippen LogP contribution in [-0.4, -0.2) is 51.8 Å². The van der Waals surface area contributed by atoms with Gasteiger partial charge in [-0.15, -0.1) is 0 Å². The molecule has 0 saturated carbocycles. The maximum absolute atomic E-state index is 13.0. The summed E-state index contributed by atoms with van der Waals surface area (Å²) in [6.45, 7) is 5.41. The highest BCUT2D eigenvalue weighted by atomic mass is 32.2. The largest absolute Gasteiger partial charge is 0.480 e. The number of nitrogens with one attached hydrogen (secondary N) is 1. The van der Waals surface area contributed by atoms with E-state index in [0.29, 0.717) is 18.7 Å². The Balaban J connectivity index is 1.84. The number of nitrogens with zero attached hydrogens (tertiary/aromatic N) is 3. The predicted octanol–water partition coefficient (Wildman–Crippen LogP) is 2.93. The average Bonchev–Trinajstić information content (AvgIpc) is 3.09. The number of hydrogen-bond acceptors (Lipinski definition) is 5. The van der Waals surface area contributed by atoms with E-state index in [2.05, 4.69) is 15.0 Å². The van der Waals surface area contributed by atoms with E-state index in [9.17, 15) is 18.3 Å². The molecule has 0 radical (unpaired) electrons. The van der Waals surface area contributed by atoms with Crippen molar-refractivity contribution in [2.24, 2.45) is 5.92 Å². The zero-order valence-electron chi connectivity index (χ0n) is 17.5. The van der Waals surface area contributed by atoms with E-state index in [0.717, 1.165) is 27.0 Å². The number of imidazole rings is 1. The molecular formula is C21H26N4O4S. The molecule has 0 bridgehead atoms. The highest BCUT2D eigenvalue weighted by Gasteiger charge is 2.36. The molecule has 30 heavy (non-hydrogen) atoms. The summed E-state index contributed by atoms with van der Waals surface area (Å²) < 4.78 is 26.9. The minimum Gasteiger partial charge on any atom is -0.480 e. The molecule has 3 rings (SSSR count). The van der Waals surface area contributed by atoms with Crippen molar-refractivity contribution in [3.05, 3.63) is 53.6 Å².